The Kier molecular flexibility index (Phi) is 2.60. The maximum Gasteiger partial charge on any atom is 0.223 e. The number of hydrogen-bond donors (Lipinski definition) is 2. The molecular weight excluding hydrogens is 263 g/mol. The first-order valence-corrected chi connectivity index (χ1v) is 6.32. The monoisotopic (exact) mass is 278 g/mol. The van der Waals surface area contributed by atoms with Gasteiger partial charge in [0.05, 0.1) is 5.39 Å². The van der Waals surface area contributed by atoms with Crippen molar-refractivity contribution in [2.24, 2.45) is 0 Å². The molecule has 3 N–H and O–H groups in total. The molecule has 0 spiro atoms. The number of anilines is 1. The van der Waals surface area contributed by atoms with Crippen molar-refractivity contribution in [1.29, 1.82) is 0 Å². The molecule has 0 aromatic carbocycles. The number of nitrogens with zero attached hydrogens (tertiary/aromatic N) is 3. The Balaban J connectivity index is 2.12. The number of halogens is 1. The second kappa shape index (κ2) is 4.09. The van der Waals surface area contributed by atoms with Crippen LogP contribution in [0.3, 0.4) is 0 Å². The van der Waals surface area contributed by atoms with E-state index in [4.69, 9.17) is 10.5 Å². The van der Waals surface area contributed by atoms with E-state index >= 15 is 0 Å². The van der Waals surface area contributed by atoms with Crippen LogP contribution in [0.5, 0.6) is 0 Å². The topological polar surface area (TPSA) is 86.2 Å². The Labute approximate surface area is 114 Å². The van der Waals surface area contributed by atoms with Gasteiger partial charge in [-0.25, -0.2) is 14.4 Å². The largest absolute Gasteiger partial charge is 0.506 e. The van der Waals surface area contributed by atoms with E-state index in [1.165, 1.54) is 17.8 Å². The summed E-state index contributed by atoms with van der Waals surface area (Å²) in [5.41, 5.74) is 4.21. The normalized spacial score (nSPS) is 26.2. The average Bonchev–Trinajstić information content (AvgIpc) is 2.92. The molecule has 3 rings (SSSR count). The van der Waals surface area contributed by atoms with Gasteiger partial charge in [-0.1, -0.05) is 6.92 Å². The molecule has 0 bridgehead atoms. The summed E-state index contributed by atoms with van der Waals surface area (Å²) < 4.78 is 21.8. The Morgan fingerprint density at radius 1 is 1.55 bits per heavy atom. The van der Waals surface area contributed by atoms with Crippen LogP contribution in [0.1, 0.15) is 26.5 Å². The first-order valence-electron chi connectivity index (χ1n) is 6.32. The highest BCUT2D eigenvalue weighted by atomic mass is 19.1. The quantitative estimate of drug-likeness (QED) is 0.881. The van der Waals surface area contributed by atoms with Crippen LogP contribution in [-0.2, 0) is 4.74 Å². The minimum atomic E-state index is -2.02. The number of aliphatic hydroxyl groups is 1. The summed E-state index contributed by atoms with van der Waals surface area (Å²) in [5.74, 6) is 0.206. The van der Waals surface area contributed by atoms with Crippen LogP contribution in [0, 0.1) is 0 Å². The van der Waals surface area contributed by atoms with Crippen molar-refractivity contribution >= 4 is 16.9 Å². The molecule has 20 heavy (non-hydrogen) atoms. The summed E-state index contributed by atoms with van der Waals surface area (Å²) in [7, 11) is 0. The molecule has 6 nitrogen and oxygen atoms in total. The molecule has 0 fully saturated rings. The number of fused-ring (bicyclic) bond motifs is 1. The van der Waals surface area contributed by atoms with Gasteiger partial charge in [-0.3, -0.25) is 4.57 Å². The third-order valence-corrected chi connectivity index (χ3v) is 3.56. The van der Waals surface area contributed by atoms with Gasteiger partial charge in [-0.2, -0.15) is 0 Å². The number of hydrogen-bond acceptors (Lipinski definition) is 5. The van der Waals surface area contributed by atoms with Crippen LogP contribution < -0.4 is 5.73 Å². The zero-order valence-corrected chi connectivity index (χ0v) is 11.2. The molecule has 0 saturated carbocycles. The van der Waals surface area contributed by atoms with Gasteiger partial charge in [0.25, 0.3) is 0 Å². The Bertz CT molecular complexity index is 707. The van der Waals surface area contributed by atoms with Gasteiger partial charge in [0, 0.05) is 12.6 Å². The molecule has 0 amide bonds. The highest BCUT2D eigenvalue weighted by Gasteiger charge is 2.49. The molecule has 2 atom stereocenters. The first kappa shape index (κ1) is 12.7. The van der Waals surface area contributed by atoms with Gasteiger partial charge in [0.15, 0.2) is 5.76 Å². The number of nitrogen functional groups attached to an aromatic ring is 1. The predicted molar refractivity (Wildman–Crippen MR) is 71.5 cm³/mol. The van der Waals surface area contributed by atoms with Gasteiger partial charge in [0.1, 0.15) is 23.6 Å². The van der Waals surface area contributed by atoms with Crippen LogP contribution in [0.15, 0.2) is 30.1 Å². The molecule has 106 valence electrons. The SMILES string of the molecule is CCC1=C(O)C(C)(F)[C@H](n2ccc3c(N)ncnc32)O1. The third-order valence-electron chi connectivity index (χ3n) is 3.56. The molecule has 1 aliphatic heterocycles. The average molecular weight is 278 g/mol. The van der Waals surface area contributed by atoms with E-state index < -0.39 is 11.9 Å². The molecule has 0 aliphatic carbocycles. The van der Waals surface area contributed by atoms with Crippen molar-refractivity contribution in [2.75, 3.05) is 5.73 Å². The number of ether oxygens (including phenoxy) is 1. The molecule has 1 unspecified atom stereocenters. The van der Waals surface area contributed by atoms with E-state index in [9.17, 15) is 9.50 Å². The molecule has 0 saturated heterocycles. The summed E-state index contributed by atoms with van der Waals surface area (Å²) in [5, 5.41) is 10.5. The second-order valence-corrected chi connectivity index (χ2v) is 4.89. The highest BCUT2D eigenvalue weighted by molar-refractivity contribution is 5.86. The van der Waals surface area contributed by atoms with Gasteiger partial charge in [-0.15, -0.1) is 0 Å². The summed E-state index contributed by atoms with van der Waals surface area (Å²) in [6.45, 7) is 3.07. The van der Waals surface area contributed by atoms with Crippen molar-refractivity contribution < 1.29 is 14.2 Å². The highest BCUT2D eigenvalue weighted by Crippen LogP contribution is 2.45. The molecule has 2 aromatic heterocycles. The minimum absolute atomic E-state index is 0.254. The van der Waals surface area contributed by atoms with Crippen molar-refractivity contribution in [1.82, 2.24) is 14.5 Å². The molecule has 3 heterocycles. The maximum atomic E-state index is 14.8. The van der Waals surface area contributed by atoms with Gasteiger partial charge in [0.2, 0.25) is 11.9 Å². The first-order chi connectivity index (χ1) is 9.46. The number of rotatable bonds is 2. The van der Waals surface area contributed by atoms with E-state index in [0.29, 0.717) is 23.3 Å². The van der Waals surface area contributed by atoms with Gasteiger partial charge in [-0.05, 0) is 13.0 Å². The van der Waals surface area contributed by atoms with E-state index in [0.717, 1.165) is 0 Å². The number of allylic oxidation sites excluding steroid dienone is 1. The lowest BCUT2D eigenvalue weighted by molar-refractivity contribution is -0.0211. The van der Waals surface area contributed by atoms with E-state index in [1.54, 1.807) is 19.2 Å². The second-order valence-electron chi connectivity index (χ2n) is 4.89. The maximum absolute atomic E-state index is 14.8. The molecule has 1 aliphatic rings. The smallest absolute Gasteiger partial charge is 0.223 e. The van der Waals surface area contributed by atoms with Gasteiger partial charge >= 0.3 is 0 Å². The zero-order valence-electron chi connectivity index (χ0n) is 11.2. The summed E-state index contributed by atoms with van der Waals surface area (Å²) in [6, 6.07) is 1.70. The van der Waals surface area contributed by atoms with Crippen molar-refractivity contribution in [3.8, 4) is 0 Å². The fourth-order valence-corrected chi connectivity index (χ4v) is 2.44. The Morgan fingerprint density at radius 2 is 2.30 bits per heavy atom. The lowest BCUT2D eigenvalue weighted by atomic mass is 10.1. The summed E-state index contributed by atoms with van der Waals surface area (Å²) >= 11 is 0. The lowest BCUT2D eigenvalue weighted by Gasteiger charge is -2.24. The van der Waals surface area contributed by atoms with Crippen molar-refractivity contribution in [3.05, 3.63) is 30.1 Å². The predicted octanol–water partition coefficient (Wildman–Crippen LogP) is 2.45. The molecular formula is C13H15FN4O2. The molecule has 7 heteroatoms. The molecule has 2 aromatic rings. The Hall–Kier alpha value is -2.31. The number of aromatic nitrogens is 3. The zero-order chi connectivity index (χ0) is 14.5. The minimum Gasteiger partial charge on any atom is -0.506 e. The van der Waals surface area contributed by atoms with Crippen molar-refractivity contribution in [3.63, 3.8) is 0 Å². The summed E-state index contributed by atoms with van der Waals surface area (Å²) in [4.78, 5) is 8.00. The van der Waals surface area contributed by atoms with Crippen molar-refractivity contribution in [2.45, 2.75) is 32.2 Å². The standard InChI is InChI=1S/C13H15FN4O2/c1-3-8-9(19)13(2,14)12(20-8)18-5-4-7-10(15)16-6-17-11(7)18/h4-6,12,19H,3H2,1-2H3,(H2,15,16,17)/t12-,13?/m1/s1. The summed E-state index contributed by atoms with van der Waals surface area (Å²) in [6.07, 6.45) is 2.35. The van der Waals surface area contributed by atoms with Gasteiger partial charge < -0.3 is 15.6 Å². The third kappa shape index (κ3) is 1.55. The number of nitrogens with two attached hydrogens (primary N) is 1. The van der Waals surface area contributed by atoms with Crippen LogP contribution in [0.4, 0.5) is 10.2 Å². The number of alkyl halides is 1. The number of aliphatic hydroxyl groups excluding tert-OH is 1. The molecule has 0 radical (unpaired) electrons. The van der Waals surface area contributed by atoms with Crippen LogP contribution in [0.2, 0.25) is 0 Å². The van der Waals surface area contributed by atoms with Crippen LogP contribution >= 0.6 is 0 Å². The van der Waals surface area contributed by atoms with E-state index in [1.807, 2.05) is 0 Å². The van der Waals surface area contributed by atoms with Crippen LogP contribution in [0.25, 0.3) is 11.0 Å². The Morgan fingerprint density at radius 3 is 2.95 bits per heavy atom. The fraction of sp³-hybridized carbons (Fsp3) is 0.385. The fourth-order valence-electron chi connectivity index (χ4n) is 2.44. The van der Waals surface area contributed by atoms with E-state index in [2.05, 4.69) is 9.97 Å². The van der Waals surface area contributed by atoms with E-state index in [-0.39, 0.29) is 11.5 Å². The lowest BCUT2D eigenvalue weighted by Crippen LogP contribution is -2.30. The van der Waals surface area contributed by atoms with Crippen LogP contribution in [-0.4, -0.2) is 25.3 Å².